The van der Waals surface area contributed by atoms with Gasteiger partial charge in [-0.15, -0.1) is 6.42 Å². The summed E-state index contributed by atoms with van der Waals surface area (Å²) in [4.78, 5) is 10.5. The molecule has 1 rings (SSSR count). The first-order chi connectivity index (χ1) is 7.20. The van der Waals surface area contributed by atoms with E-state index in [1.165, 1.54) is 0 Å². The molecule has 0 aromatic heterocycles. The second kappa shape index (κ2) is 5.16. The van der Waals surface area contributed by atoms with E-state index in [2.05, 4.69) is 12.8 Å². The van der Waals surface area contributed by atoms with Gasteiger partial charge in [-0.05, 0) is 18.9 Å². The number of nitrogens with zero attached hydrogens (tertiary/aromatic N) is 1. The lowest BCUT2D eigenvalue weighted by Crippen LogP contribution is -1.98. The van der Waals surface area contributed by atoms with Gasteiger partial charge < -0.3 is 0 Å². The van der Waals surface area contributed by atoms with Crippen molar-refractivity contribution in [3.63, 3.8) is 0 Å². The lowest BCUT2D eigenvalue weighted by atomic mass is 10.0. The van der Waals surface area contributed by atoms with Gasteiger partial charge in [0.15, 0.2) is 0 Å². The minimum Gasteiger partial charge on any atom is -0.258 e. The van der Waals surface area contributed by atoms with E-state index >= 15 is 0 Å². The zero-order valence-electron chi connectivity index (χ0n) is 8.69. The molecule has 0 radical (unpaired) electrons. The minimum atomic E-state index is -0.389. The van der Waals surface area contributed by atoms with Gasteiger partial charge in [-0.1, -0.05) is 31.4 Å². The average molecular weight is 203 g/mol. The molecule has 3 nitrogen and oxygen atoms in total. The van der Waals surface area contributed by atoms with Crippen LogP contribution in [0.5, 0.6) is 0 Å². The zero-order chi connectivity index (χ0) is 11.3. The maximum absolute atomic E-state index is 10.9. The van der Waals surface area contributed by atoms with Crippen LogP contribution in [0.4, 0.5) is 5.69 Å². The third-order valence-corrected chi connectivity index (χ3v) is 2.26. The predicted molar refractivity (Wildman–Crippen MR) is 59.6 cm³/mol. The van der Waals surface area contributed by atoms with Gasteiger partial charge in [0.25, 0.3) is 5.69 Å². The number of nitro benzene ring substituents is 1. The third kappa shape index (κ3) is 2.57. The minimum absolute atomic E-state index is 0.0912. The highest BCUT2D eigenvalue weighted by Gasteiger charge is 2.17. The monoisotopic (exact) mass is 203 g/mol. The molecule has 0 aliphatic heterocycles. The Hall–Kier alpha value is -1.82. The summed E-state index contributed by atoms with van der Waals surface area (Å²) in [6.45, 7) is 2.05. The molecule has 1 aromatic rings. The molecule has 0 amide bonds. The Morgan fingerprint density at radius 2 is 2.27 bits per heavy atom. The molecule has 0 bridgehead atoms. The van der Waals surface area contributed by atoms with Crippen LogP contribution in [-0.4, -0.2) is 4.92 Å². The third-order valence-electron chi connectivity index (χ3n) is 2.26. The fraction of sp³-hybridized carbons (Fsp3) is 0.333. The largest absolute Gasteiger partial charge is 0.288 e. The normalized spacial score (nSPS) is 9.60. The molecule has 0 saturated heterocycles. The quantitative estimate of drug-likeness (QED) is 0.429. The fourth-order valence-electron chi connectivity index (χ4n) is 1.49. The first-order valence-corrected chi connectivity index (χ1v) is 4.93. The highest BCUT2D eigenvalue weighted by Crippen LogP contribution is 2.24. The van der Waals surface area contributed by atoms with E-state index in [-0.39, 0.29) is 10.6 Å². The first kappa shape index (κ1) is 11.3. The summed E-state index contributed by atoms with van der Waals surface area (Å²) in [6, 6.07) is 5.15. The van der Waals surface area contributed by atoms with Gasteiger partial charge in [-0.25, -0.2) is 0 Å². The molecule has 0 N–H and O–H groups in total. The Labute approximate surface area is 89.3 Å². The zero-order valence-corrected chi connectivity index (χ0v) is 8.69. The average Bonchev–Trinajstić information content (AvgIpc) is 2.25. The maximum atomic E-state index is 10.9. The Morgan fingerprint density at radius 3 is 2.80 bits per heavy atom. The number of aryl methyl sites for hydroxylation is 1. The van der Waals surface area contributed by atoms with Gasteiger partial charge in [0.2, 0.25) is 0 Å². The number of hydrogen-bond acceptors (Lipinski definition) is 2. The van der Waals surface area contributed by atoms with Crippen molar-refractivity contribution in [3.05, 3.63) is 39.4 Å². The molecule has 0 unspecified atom stereocenters. The van der Waals surface area contributed by atoms with Gasteiger partial charge in [0, 0.05) is 5.56 Å². The highest BCUT2D eigenvalue weighted by molar-refractivity contribution is 5.55. The van der Waals surface area contributed by atoms with Crippen molar-refractivity contribution in [3.8, 4) is 12.3 Å². The van der Waals surface area contributed by atoms with Gasteiger partial charge >= 0.3 is 0 Å². The maximum Gasteiger partial charge on any atom is 0.288 e. The molecule has 0 spiro atoms. The molecule has 0 saturated carbocycles. The molecule has 0 heterocycles. The Bertz CT molecular complexity index is 405. The van der Waals surface area contributed by atoms with Gasteiger partial charge in [-0.2, -0.15) is 0 Å². The van der Waals surface area contributed by atoms with Crippen LogP contribution in [0.1, 0.15) is 30.9 Å². The van der Waals surface area contributed by atoms with Crippen LogP contribution in [-0.2, 0) is 6.42 Å². The second-order valence-electron chi connectivity index (χ2n) is 3.32. The van der Waals surface area contributed by atoms with E-state index in [0.29, 0.717) is 12.0 Å². The number of unbranched alkanes of at least 4 members (excludes halogenated alkanes) is 1. The lowest BCUT2D eigenvalue weighted by Gasteiger charge is -2.03. The highest BCUT2D eigenvalue weighted by atomic mass is 16.6. The summed E-state index contributed by atoms with van der Waals surface area (Å²) in [5.41, 5.74) is 1.19. The predicted octanol–water partition coefficient (Wildman–Crippen LogP) is 2.92. The van der Waals surface area contributed by atoms with E-state index in [1.807, 2.05) is 0 Å². The van der Waals surface area contributed by atoms with Crippen molar-refractivity contribution in [2.24, 2.45) is 0 Å². The summed E-state index contributed by atoms with van der Waals surface area (Å²) in [6.07, 6.45) is 7.89. The molecule has 0 aliphatic rings. The number of para-hydroxylation sites is 1. The second-order valence-corrected chi connectivity index (χ2v) is 3.32. The molecular formula is C12H13NO2. The van der Waals surface area contributed by atoms with Crippen LogP contribution in [0.25, 0.3) is 0 Å². The number of benzene rings is 1. The van der Waals surface area contributed by atoms with Crippen molar-refractivity contribution < 1.29 is 4.92 Å². The summed E-state index contributed by atoms with van der Waals surface area (Å²) in [7, 11) is 0. The van der Waals surface area contributed by atoms with Crippen LogP contribution in [0.3, 0.4) is 0 Å². The Balaban J connectivity index is 3.15. The topological polar surface area (TPSA) is 43.1 Å². The van der Waals surface area contributed by atoms with Crippen LogP contribution < -0.4 is 0 Å². The van der Waals surface area contributed by atoms with Gasteiger partial charge in [-0.3, -0.25) is 10.1 Å². The van der Waals surface area contributed by atoms with E-state index in [9.17, 15) is 10.1 Å². The lowest BCUT2D eigenvalue weighted by molar-refractivity contribution is -0.385. The van der Waals surface area contributed by atoms with Crippen molar-refractivity contribution >= 4 is 5.69 Å². The van der Waals surface area contributed by atoms with Crippen molar-refractivity contribution in [2.45, 2.75) is 26.2 Å². The summed E-state index contributed by atoms with van der Waals surface area (Å²) in [5.74, 6) is 2.35. The van der Waals surface area contributed by atoms with Crippen LogP contribution >= 0.6 is 0 Å². The molecule has 15 heavy (non-hydrogen) atoms. The summed E-state index contributed by atoms with van der Waals surface area (Å²) < 4.78 is 0. The van der Waals surface area contributed by atoms with Crippen molar-refractivity contribution in [1.29, 1.82) is 0 Å². The SMILES string of the molecule is C#Cc1cccc(CCCC)c1[N+](=O)[O-]. The van der Waals surface area contributed by atoms with E-state index in [1.54, 1.807) is 18.2 Å². The van der Waals surface area contributed by atoms with Gasteiger partial charge in [0.05, 0.1) is 4.92 Å². The van der Waals surface area contributed by atoms with E-state index in [4.69, 9.17) is 6.42 Å². The standard InChI is InChI=1S/C12H13NO2/c1-3-5-7-11-9-6-8-10(4-2)12(11)13(14)15/h2,6,8-9H,3,5,7H2,1H3. The van der Waals surface area contributed by atoms with Gasteiger partial charge in [0.1, 0.15) is 5.56 Å². The molecule has 3 heteroatoms. The fourth-order valence-corrected chi connectivity index (χ4v) is 1.49. The van der Waals surface area contributed by atoms with E-state index in [0.717, 1.165) is 18.4 Å². The van der Waals surface area contributed by atoms with Crippen molar-refractivity contribution in [2.75, 3.05) is 0 Å². The summed E-state index contributed by atoms with van der Waals surface area (Å²) in [5, 5.41) is 10.9. The molecule has 0 aliphatic carbocycles. The smallest absolute Gasteiger partial charge is 0.258 e. The number of nitro groups is 1. The van der Waals surface area contributed by atoms with Crippen LogP contribution in [0, 0.1) is 22.5 Å². The number of hydrogen-bond donors (Lipinski definition) is 0. The first-order valence-electron chi connectivity index (χ1n) is 4.93. The Morgan fingerprint density at radius 1 is 1.53 bits per heavy atom. The molecule has 0 atom stereocenters. The number of terminal acetylenes is 1. The van der Waals surface area contributed by atoms with Crippen molar-refractivity contribution in [1.82, 2.24) is 0 Å². The molecule has 0 fully saturated rings. The van der Waals surface area contributed by atoms with Crippen LogP contribution in [0.15, 0.2) is 18.2 Å². The molecule has 78 valence electrons. The van der Waals surface area contributed by atoms with E-state index < -0.39 is 0 Å². The summed E-state index contributed by atoms with van der Waals surface area (Å²) >= 11 is 0. The molecular weight excluding hydrogens is 190 g/mol. The Kier molecular flexibility index (Phi) is 3.87. The van der Waals surface area contributed by atoms with Crippen LogP contribution in [0.2, 0.25) is 0 Å². The number of rotatable bonds is 4. The molecule has 1 aromatic carbocycles.